The molecule has 0 aliphatic heterocycles. The van der Waals surface area contributed by atoms with Crippen LogP contribution < -0.4 is 5.32 Å². The van der Waals surface area contributed by atoms with Gasteiger partial charge in [0.05, 0.1) is 12.6 Å². The normalized spacial score (nSPS) is 13.0. The molecule has 2 aromatic rings. The molecule has 0 aliphatic rings. The number of fused-ring (bicyclic) bond motifs is 1. The van der Waals surface area contributed by atoms with E-state index in [0.717, 1.165) is 25.6 Å². The summed E-state index contributed by atoms with van der Waals surface area (Å²) in [7, 11) is 2.00. The molecule has 0 amide bonds. The minimum Gasteiger partial charge on any atom is -0.379 e. The summed E-state index contributed by atoms with van der Waals surface area (Å²) in [6.07, 6.45) is 2.38. The molecular formula is C19H27NO. The quantitative estimate of drug-likeness (QED) is 0.718. The molecule has 0 radical (unpaired) electrons. The van der Waals surface area contributed by atoms with E-state index in [2.05, 4.69) is 61.6 Å². The van der Waals surface area contributed by atoms with Crippen LogP contribution in [0.15, 0.2) is 42.5 Å². The van der Waals surface area contributed by atoms with Gasteiger partial charge in [-0.05, 0) is 48.2 Å². The molecule has 0 bridgehead atoms. The van der Waals surface area contributed by atoms with Crippen molar-refractivity contribution in [1.82, 2.24) is 5.32 Å². The summed E-state index contributed by atoms with van der Waals surface area (Å²) in [4.78, 5) is 0. The van der Waals surface area contributed by atoms with Crippen molar-refractivity contribution in [3.63, 3.8) is 0 Å². The van der Waals surface area contributed by atoms with E-state index in [1.165, 1.54) is 22.8 Å². The minimum absolute atomic E-state index is 0.258. The fourth-order valence-electron chi connectivity index (χ4n) is 2.57. The Hall–Kier alpha value is -1.38. The van der Waals surface area contributed by atoms with E-state index in [9.17, 15) is 0 Å². The summed E-state index contributed by atoms with van der Waals surface area (Å²) < 4.78 is 5.84. The van der Waals surface area contributed by atoms with Crippen molar-refractivity contribution in [2.75, 3.05) is 20.3 Å². The highest BCUT2D eigenvalue weighted by Gasteiger charge is 2.09. The van der Waals surface area contributed by atoms with Crippen LogP contribution in [0.4, 0.5) is 0 Å². The summed E-state index contributed by atoms with van der Waals surface area (Å²) in [6.45, 7) is 6.09. The maximum absolute atomic E-state index is 5.84. The molecule has 1 unspecified atom stereocenters. The van der Waals surface area contributed by atoms with E-state index in [1.54, 1.807) is 0 Å². The first-order chi connectivity index (χ1) is 10.2. The van der Waals surface area contributed by atoms with Crippen molar-refractivity contribution < 1.29 is 4.74 Å². The SMILES string of the molecule is CNC(COCCCC(C)C)c1ccc2ccccc2c1. The number of nitrogens with one attached hydrogen (secondary N) is 1. The highest BCUT2D eigenvalue weighted by Crippen LogP contribution is 2.20. The Kier molecular flexibility index (Phi) is 6.21. The Bertz CT molecular complexity index is 550. The second kappa shape index (κ2) is 8.16. The van der Waals surface area contributed by atoms with Gasteiger partial charge in [-0.3, -0.25) is 0 Å². The summed E-state index contributed by atoms with van der Waals surface area (Å²) >= 11 is 0. The van der Waals surface area contributed by atoms with Gasteiger partial charge >= 0.3 is 0 Å². The molecule has 2 heteroatoms. The van der Waals surface area contributed by atoms with Crippen LogP contribution in [-0.2, 0) is 4.74 Å². The first kappa shape index (κ1) is 16.0. The van der Waals surface area contributed by atoms with Crippen molar-refractivity contribution in [3.8, 4) is 0 Å². The maximum Gasteiger partial charge on any atom is 0.0661 e. The number of hydrogen-bond acceptors (Lipinski definition) is 2. The Morgan fingerprint density at radius 3 is 2.52 bits per heavy atom. The molecule has 114 valence electrons. The Labute approximate surface area is 128 Å². The molecule has 1 atom stereocenters. The van der Waals surface area contributed by atoms with Gasteiger partial charge in [0.25, 0.3) is 0 Å². The molecule has 0 spiro atoms. The zero-order chi connectivity index (χ0) is 15.1. The zero-order valence-electron chi connectivity index (χ0n) is 13.4. The number of ether oxygens (including phenoxy) is 1. The second-order valence-electron chi connectivity index (χ2n) is 6.06. The van der Waals surface area contributed by atoms with Crippen LogP contribution in [0, 0.1) is 5.92 Å². The van der Waals surface area contributed by atoms with E-state index in [0.29, 0.717) is 0 Å². The van der Waals surface area contributed by atoms with E-state index in [-0.39, 0.29) is 6.04 Å². The summed E-state index contributed by atoms with van der Waals surface area (Å²) in [5, 5.41) is 5.93. The molecule has 0 saturated heterocycles. The van der Waals surface area contributed by atoms with E-state index >= 15 is 0 Å². The van der Waals surface area contributed by atoms with Crippen molar-refractivity contribution in [2.24, 2.45) is 5.92 Å². The molecule has 0 aromatic heterocycles. The predicted molar refractivity (Wildman–Crippen MR) is 90.6 cm³/mol. The van der Waals surface area contributed by atoms with E-state index in [4.69, 9.17) is 4.74 Å². The molecule has 0 fully saturated rings. The molecule has 0 saturated carbocycles. The third kappa shape index (κ3) is 4.83. The Balaban J connectivity index is 1.92. The molecular weight excluding hydrogens is 258 g/mol. The number of rotatable bonds is 8. The third-order valence-electron chi connectivity index (χ3n) is 3.88. The molecule has 2 rings (SSSR count). The molecule has 1 N–H and O–H groups in total. The summed E-state index contributed by atoms with van der Waals surface area (Å²) in [6, 6.07) is 15.4. The lowest BCUT2D eigenvalue weighted by Crippen LogP contribution is -2.22. The first-order valence-corrected chi connectivity index (χ1v) is 7.94. The van der Waals surface area contributed by atoms with Crippen LogP contribution in [0.2, 0.25) is 0 Å². The van der Waals surface area contributed by atoms with Gasteiger partial charge in [-0.25, -0.2) is 0 Å². The molecule has 2 nitrogen and oxygen atoms in total. The fourth-order valence-corrected chi connectivity index (χ4v) is 2.57. The van der Waals surface area contributed by atoms with Crippen molar-refractivity contribution in [3.05, 3.63) is 48.0 Å². The lowest BCUT2D eigenvalue weighted by atomic mass is 10.0. The van der Waals surface area contributed by atoms with Gasteiger partial charge in [0.15, 0.2) is 0 Å². The highest BCUT2D eigenvalue weighted by molar-refractivity contribution is 5.83. The standard InChI is InChI=1S/C19H27NO/c1-15(2)7-6-12-21-14-19(20-3)18-11-10-16-8-4-5-9-17(16)13-18/h4-5,8-11,13,15,19-20H,6-7,12,14H2,1-3H3. The van der Waals surface area contributed by atoms with Crippen LogP contribution in [0.1, 0.15) is 38.3 Å². The van der Waals surface area contributed by atoms with Gasteiger partial charge in [0.1, 0.15) is 0 Å². The average Bonchev–Trinajstić information content (AvgIpc) is 2.50. The summed E-state index contributed by atoms with van der Waals surface area (Å²) in [5.41, 5.74) is 1.29. The number of hydrogen-bond donors (Lipinski definition) is 1. The van der Waals surface area contributed by atoms with Crippen LogP contribution >= 0.6 is 0 Å². The van der Waals surface area contributed by atoms with Gasteiger partial charge in [-0.1, -0.05) is 50.2 Å². The molecule has 0 heterocycles. The smallest absolute Gasteiger partial charge is 0.0661 e. The zero-order valence-corrected chi connectivity index (χ0v) is 13.4. The highest BCUT2D eigenvalue weighted by atomic mass is 16.5. The Morgan fingerprint density at radius 2 is 1.81 bits per heavy atom. The topological polar surface area (TPSA) is 21.3 Å². The largest absolute Gasteiger partial charge is 0.379 e. The van der Waals surface area contributed by atoms with Crippen molar-refractivity contribution in [1.29, 1.82) is 0 Å². The van der Waals surface area contributed by atoms with Crippen LogP contribution in [0.3, 0.4) is 0 Å². The van der Waals surface area contributed by atoms with Gasteiger partial charge in [-0.2, -0.15) is 0 Å². The number of benzene rings is 2. The van der Waals surface area contributed by atoms with Crippen LogP contribution in [0.25, 0.3) is 10.8 Å². The van der Waals surface area contributed by atoms with Gasteiger partial charge in [-0.15, -0.1) is 0 Å². The predicted octanol–water partition coefficient (Wildman–Crippen LogP) is 4.55. The minimum atomic E-state index is 0.258. The van der Waals surface area contributed by atoms with Crippen LogP contribution in [0.5, 0.6) is 0 Å². The Morgan fingerprint density at radius 1 is 1.05 bits per heavy atom. The monoisotopic (exact) mass is 285 g/mol. The lowest BCUT2D eigenvalue weighted by Gasteiger charge is -2.17. The molecule has 2 aromatic carbocycles. The lowest BCUT2D eigenvalue weighted by molar-refractivity contribution is 0.108. The van der Waals surface area contributed by atoms with Crippen molar-refractivity contribution in [2.45, 2.75) is 32.7 Å². The fraction of sp³-hybridized carbons (Fsp3) is 0.474. The first-order valence-electron chi connectivity index (χ1n) is 7.94. The molecule has 0 aliphatic carbocycles. The average molecular weight is 285 g/mol. The number of likely N-dealkylation sites (N-methyl/N-ethyl adjacent to an activating group) is 1. The van der Waals surface area contributed by atoms with E-state index < -0.39 is 0 Å². The third-order valence-corrected chi connectivity index (χ3v) is 3.88. The van der Waals surface area contributed by atoms with Gasteiger partial charge in [0.2, 0.25) is 0 Å². The summed E-state index contributed by atoms with van der Waals surface area (Å²) in [5.74, 6) is 0.759. The van der Waals surface area contributed by atoms with Crippen molar-refractivity contribution >= 4 is 10.8 Å². The van der Waals surface area contributed by atoms with Gasteiger partial charge in [0, 0.05) is 6.61 Å². The van der Waals surface area contributed by atoms with Gasteiger partial charge < -0.3 is 10.1 Å². The molecule has 21 heavy (non-hydrogen) atoms. The maximum atomic E-state index is 5.84. The van der Waals surface area contributed by atoms with E-state index in [1.807, 2.05) is 7.05 Å². The van der Waals surface area contributed by atoms with Crippen LogP contribution in [-0.4, -0.2) is 20.3 Å². The second-order valence-corrected chi connectivity index (χ2v) is 6.06.